The number of fused-ring (bicyclic) bond motifs is 2. The third kappa shape index (κ3) is 2.62. The molecule has 2 aliphatic carbocycles. The SMILES string of the molecule is CC1(C)C2CCC1(C)C(O)C2[Se+](Cc1ccccc1)c1ccccc1. The second-order valence-corrected chi connectivity index (χ2v) is 13.1. The van der Waals surface area contributed by atoms with E-state index in [1.54, 1.807) is 0 Å². The molecule has 2 aliphatic rings. The number of hydrogen-bond acceptors (Lipinski definition) is 1. The van der Waals surface area contributed by atoms with E-state index < -0.39 is 13.9 Å². The first kappa shape index (κ1) is 17.3. The van der Waals surface area contributed by atoms with Gasteiger partial charge in [0, 0.05) is 0 Å². The molecule has 132 valence electrons. The predicted octanol–water partition coefficient (Wildman–Crippen LogP) is 4.36. The van der Waals surface area contributed by atoms with Gasteiger partial charge in [-0.05, 0) is 0 Å². The van der Waals surface area contributed by atoms with E-state index in [4.69, 9.17) is 0 Å². The third-order valence-corrected chi connectivity index (χ3v) is 13.1. The molecule has 0 aliphatic heterocycles. The summed E-state index contributed by atoms with van der Waals surface area (Å²) >= 11 is -1.18. The summed E-state index contributed by atoms with van der Waals surface area (Å²) in [6, 6.07) is 22.0. The summed E-state index contributed by atoms with van der Waals surface area (Å²) in [5.74, 6) is 0.654. The van der Waals surface area contributed by atoms with Crippen LogP contribution in [0.5, 0.6) is 0 Å². The van der Waals surface area contributed by atoms with Crippen LogP contribution in [0.2, 0.25) is 4.82 Å². The maximum atomic E-state index is 11.4. The molecule has 0 radical (unpaired) electrons. The molecule has 2 bridgehead atoms. The molecule has 5 atom stereocenters. The van der Waals surface area contributed by atoms with Crippen LogP contribution in [0, 0.1) is 16.7 Å². The molecular formula is C23H29OSe+. The molecule has 0 amide bonds. The zero-order valence-electron chi connectivity index (χ0n) is 15.5. The first-order valence-corrected chi connectivity index (χ1v) is 12.5. The maximum absolute atomic E-state index is 11.4. The summed E-state index contributed by atoms with van der Waals surface area (Å²) in [4.78, 5) is 0.469. The Kier molecular flexibility index (Phi) is 4.35. The Balaban J connectivity index is 1.74. The van der Waals surface area contributed by atoms with E-state index in [1.165, 1.54) is 22.9 Å². The first-order valence-electron chi connectivity index (χ1n) is 9.42. The summed E-state index contributed by atoms with van der Waals surface area (Å²) in [6.07, 6.45) is 2.31. The fourth-order valence-electron chi connectivity index (χ4n) is 5.29. The fraction of sp³-hybridized carbons (Fsp3) is 0.478. The topological polar surface area (TPSA) is 20.2 Å². The average Bonchev–Trinajstić information content (AvgIpc) is 2.94. The Morgan fingerprint density at radius 1 is 0.960 bits per heavy atom. The van der Waals surface area contributed by atoms with Crippen LogP contribution in [0.1, 0.15) is 39.2 Å². The van der Waals surface area contributed by atoms with Gasteiger partial charge in [-0.3, -0.25) is 0 Å². The first-order chi connectivity index (χ1) is 11.9. The molecular weight excluding hydrogens is 371 g/mol. The van der Waals surface area contributed by atoms with Crippen LogP contribution in [0.25, 0.3) is 0 Å². The van der Waals surface area contributed by atoms with Crippen molar-refractivity contribution >= 4 is 18.4 Å². The van der Waals surface area contributed by atoms with Crippen LogP contribution in [0.15, 0.2) is 60.7 Å². The monoisotopic (exact) mass is 401 g/mol. The standard InChI is InChI=1S/C23H29OSe/c1-22(2)19-14-15-23(22,3)21(24)20(19)25(18-12-8-5-9-13-18)16-17-10-6-4-7-11-17/h4-13,19-21,24H,14-16H2,1-3H3/q+1. The van der Waals surface area contributed by atoms with E-state index >= 15 is 0 Å². The van der Waals surface area contributed by atoms with E-state index in [2.05, 4.69) is 81.4 Å². The van der Waals surface area contributed by atoms with Crippen LogP contribution < -0.4 is 4.46 Å². The van der Waals surface area contributed by atoms with Gasteiger partial charge in [-0.2, -0.15) is 0 Å². The van der Waals surface area contributed by atoms with Crippen molar-refractivity contribution < 1.29 is 5.11 Å². The van der Waals surface area contributed by atoms with Crippen LogP contribution >= 0.6 is 0 Å². The number of rotatable bonds is 4. The summed E-state index contributed by atoms with van der Waals surface area (Å²) in [5, 5.41) is 12.5. The number of aliphatic hydroxyl groups is 1. The Bertz CT molecular complexity index is 726. The van der Waals surface area contributed by atoms with Gasteiger partial charge in [0.1, 0.15) is 0 Å². The minimum atomic E-state index is -1.18. The molecule has 0 heterocycles. The third-order valence-electron chi connectivity index (χ3n) is 7.27. The van der Waals surface area contributed by atoms with Crippen molar-refractivity contribution in [3.8, 4) is 0 Å². The summed E-state index contributed by atoms with van der Waals surface area (Å²) < 4.78 is 1.50. The van der Waals surface area contributed by atoms with Crippen molar-refractivity contribution in [2.75, 3.05) is 0 Å². The minimum absolute atomic E-state index is 0.0789. The van der Waals surface area contributed by atoms with Gasteiger partial charge in [0.15, 0.2) is 0 Å². The van der Waals surface area contributed by atoms with E-state index in [9.17, 15) is 5.11 Å². The van der Waals surface area contributed by atoms with E-state index in [0.29, 0.717) is 10.7 Å². The van der Waals surface area contributed by atoms with Crippen molar-refractivity contribution in [3.05, 3.63) is 66.2 Å². The molecule has 0 saturated heterocycles. The zero-order valence-corrected chi connectivity index (χ0v) is 17.2. The molecule has 0 spiro atoms. The molecule has 1 N–H and O–H groups in total. The molecule has 2 aromatic rings. The molecule has 5 unspecified atom stereocenters. The molecule has 2 heteroatoms. The van der Waals surface area contributed by atoms with Crippen molar-refractivity contribution in [1.29, 1.82) is 0 Å². The number of aliphatic hydroxyl groups excluding tert-OH is 1. The summed E-state index contributed by atoms with van der Waals surface area (Å²) in [7, 11) is 0. The van der Waals surface area contributed by atoms with E-state index in [0.717, 1.165) is 5.32 Å². The fourth-order valence-corrected chi connectivity index (χ4v) is 12.0. The Labute approximate surface area is 156 Å². The van der Waals surface area contributed by atoms with Gasteiger partial charge in [0.25, 0.3) is 0 Å². The van der Waals surface area contributed by atoms with Crippen molar-refractivity contribution in [1.82, 2.24) is 0 Å². The molecule has 4 rings (SSSR count). The Morgan fingerprint density at radius 3 is 2.12 bits per heavy atom. The van der Waals surface area contributed by atoms with Gasteiger partial charge in [-0.15, -0.1) is 0 Å². The molecule has 2 fully saturated rings. The molecule has 2 aromatic carbocycles. The summed E-state index contributed by atoms with van der Waals surface area (Å²) in [5.41, 5.74) is 1.74. The van der Waals surface area contributed by atoms with E-state index in [1.807, 2.05) is 0 Å². The molecule has 2 saturated carbocycles. The molecule has 25 heavy (non-hydrogen) atoms. The van der Waals surface area contributed by atoms with Crippen molar-refractivity contribution in [2.24, 2.45) is 16.7 Å². The van der Waals surface area contributed by atoms with E-state index in [-0.39, 0.29) is 16.9 Å². The number of benzene rings is 2. The molecule has 1 nitrogen and oxygen atoms in total. The van der Waals surface area contributed by atoms with Crippen molar-refractivity contribution in [2.45, 2.75) is 49.9 Å². The number of hydrogen-bond donors (Lipinski definition) is 1. The molecule has 0 aromatic heterocycles. The van der Waals surface area contributed by atoms with Crippen LogP contribution in [0.3, 0.4) is 0 Å². The van der Waals surface area contributed by atoms with Gasteiger partial charge in [0.05, 0.1) is 0 Å². The summed E-state index contributed by atoms with van der Waals surface area (Å²) in [6.45, 7) is 7.16. The van der Waals surface area contributed by atoms with Gasteiger partial charge < -0.3 is 0 Å². The van der Waals surface area contributed by atoms with Crippen LogP contribution in [-0.4, -0.2) is 25.1 Å². The van der Waals surface area contributed by atoms with Gasteiger partial charge in [-0.25, -0.2) is 0 Å². The average molecular weight is 400 g/mol. The second-order valence-electron chi connectivity index (χ2n) is 8.57. The predicted molar refractivity (Wildman–Crippen MR) is 106 cm³/mol. The van der Waals surface area contributed by atoms with Gasteiger partial charge in [-0.1, -0.05) is 0 Å². The Morgan fingerprint density at radius 2 is 1.56 bits per heavy atom. The van der Waals surface area contributed by atoms with Crippen molar-refractivity contribution in [3.63, 3.8) is 0 Å². The van der Waals surface area contributed by atoms with Gasteiger partial charge >= 0.3 is 156 Å². The van der Waals surface area contributed by atoms with Crippen LogP contribution in [0.4, 0.5) is 0 Å². The van der Waals surface area contributed by atoms with Gasteiger partial charge in [0.2, 0.25) is 0 Å². The zero-order chi connectivity index (χ0) is 17.7. The quantitative estimate of drug-likeness (QED) is 0.757. The Hall–Kier alpha value is -1.08. The normalized spacial score (nSPS) is 34.2. The second kappa shape index (κ2) is 6.27. The van der Waals surface area contributed by atoms with Crippen LogP contribution in [-0.2, 0) is 5.32 Å².